The van der Waals surface area contributed by atoms with Crippen molar-refractivity contribution in [2.24, 2.45) is 0 Å². The van der Waals surface area contributed by atoms with Crippen LogP contribution in [-0.2, 0) is 14.8 Å². The molecule has 0 spiro atoms. The lowest BCUT2D eigenvalue weighted by molar-refractivity contribution is 0.0450. The van der Waals surface area contributed by atoms with E-state index in [0.717, 1.165) is 24.5 Å². The molecule has 0 aromatic heterocycles. The standard InChI is InChI=1S/C19H19Cl2NO5S/c1-12-4-2-3-5-17(12)26-8-9-27-19(23)14-10-18(16(21)11-15(14)20)28(24,25)22-13-6-7-13/h2-5,10-11,13,22H,6-9H2,1H3. The highest BCUT2D eigenvalue weighted by Crippen LogP contribution is 2.31. The molecule has 3 rings (SSSR count). The summed E-state index contributed by atoms with van der Waals surface area (Å²) in [6.07, 6.45) is 1.56. The summed E-state index contributed by atoms with van der Waals surface area (Å²) in [5, 5.41) is -0.0437. The number of hydrogen-bond acceptors (Lipinski definition) is 5. The first-order chi connectivity index (χ1) is 13.3. The van der Waals surface area contributed by atoms with E-state index in [4.69, 9.17) is 32.7 Å². The lowest BCUT2D eigenvalue weighted by Gasteiger charge is -2.12. The van der Waals surface area contributed by atoms with Crippen molar-refractivity contribution in [2.75, 3.05) is 13.2 Å². The first-order valence-electron chi connectivity index (χ1n) is 8.65. The highest BCUT2D eigenvalue weighted by molar-refractivity contribution is 7.89. The molecule has 0 aliphatic heterocycles. The lowest BCUT2D eigenvalue weighted by atomic mass is 10.2. The molecular formula is C19H19Cl2NO5S. The molecule has 0 heterocycles. The number of rotatable bonds is 8. The number of carbonyl (C=O) groups excluding carboxylic acids is 1. The van der Waals surface area contributed by atoms with E-state index in [9.17, 15) is 13.2 Å². The van der Waals surface area contributed by atoms with E-state index in [0.29, 0.717) is 5.75 Å². The van der Waals surface area contributed by atoms with Crippen molar-refractivity contribution >= 4 is 39.2 Å². The molecule has 2 aromatic rings. The highest BCUT2D eigenvalue weighted by Gasteiger charge is 2.30. The maximum absolute atomic E-state index is 12.4. The van der Waals surface area contributed by atoms with Crippen LogP contribution in [0.2, 0.25) is 10.0 Å². The van der Waals surface area contributed by atoms with Gasteiger partial charge in [-0.15, -0.1) is 0 Å². The molecule has 1 N–H and O–H groups in total. The number of benzene rings is 2. The monoisotopic (exact) mass is 443 g/mol. The zero-order valence-electron chi connectivity index (χ0n) is 15.1. The third kappa shape index (κ3) is 5.17. The summed E-state index contributed by atoms with van der Waals surface area (Å²) in [7, 11) is -3.84. The van der Waals surface area contributed by atoms with Gasteiger partial charge in [0, 0.05) is 6.04 Å². The number of hydrogen-bond donors (Lipinski definition) is 1. The summed E-state index contributed by atoms with van der Waals surface area (Å²) < 4.78 is 38.1. The van der Waals surface area contributed by atoms with Crippen LogP contribution in [0.15, 0.2) is 41.3 Å². The third-order valence-corrected chi connectivity index (χ3v) is 6.40. The third-order valence-electron chi connectivity index (χ3n) is 4.10. The molecule has 6 nitrogen and oxygen atoms in total. The second-order valence-electron chi connectivity index (χ2n) is 6.41. The normalized spacial score (nSPS) is 14.0. The Morgan fingerprint density at radius 3 is 2.54 bits per heavy atom. The minimum absolute atomic E-state index is 0.0141. The summed E-state index contributed by atoms with van der Waals surface area (Å²) in [5.41, 5.74) is 0.894. The van der Waals surface area contributed by atoms with E-state index in [1.807, 2.05) is 31.2 Å². The lowest BCUT2D eigenvalue weighted by Crippen LogP contribution is -2.26. The molecule has 2 aromatic carbocycles. The van der Waals surface area contributed by atoms with Crippen LogP contribution in [0.4, 0.5) is 0 Å². The Bertz CT molecular complexity index is 990. The molecule has 0 atom stereocenters. The second-order valence-corrected chi connectivity index (χ2v) is 8.90. The number of para-hydroxylation sites is 1. The minimum atomic E-state index is -3.84. The summed E-state index contributed by atoms with van der Waals surface area (Å²) in [6.45, 7) is 2.04. The molecule has 1 fully saturated rings. The summed E-state index contributed by atoms with van der Waals surface area (Å²) in [5.74, 6) is -0.0551. The van der Waals surface area contributed by atoms with Gasteiger partial charge in [0.25, 0.3) is 0 Å². The molecule has 28 heavy (non-hydrogen) atoms. The van der Waals surface area contributed by atoms with Gasteiger partial charge in [-0.25, -0.2) is 17.9 Å². The SMILES string of the molecule is Cc1ccccc1OCCOC(=O)c1cc(S(=O)(=O)NC2CC2)c(Cl)cc1Cl. The Labute approximate surface area is 173 Å². The summed E-state index contributed by atoms with van der Waals surface area (Å²) >= 11 is 12.1. The van der Waals surface area contributed by atoms with Crippen molar-refractivity contribution in [2.45, 2.75) is 30.7 Å². The number of esters is 1. The smallest absolute Gasteiger partial charge is 0.339 e. The molecule has 1 aliphatic rings. The fourth-order valence-electron chi connectivity index (χ4n) is 2.46. The first-order valence-corrected chi connectivity index (χ1v) is 10.9. The van der Waals surface area contributed by atoms with E-state index >= 15 is 0 Å². The molecule has 150 valence electrons. The van der Waals surface area contributed by atoms with Crippen molar-refractivity contribution in [3.05, 3.63) is 57.6 Å². The van der Waals surface area contributed by atoms with Gasteiger partial charge in [0.15, 0.2) is 0 Å². The predicted octanol–water partition coefficient (Wildman–Crippen LogP) is 3.98. The average molecular weight is 444 g/mol. The quantitative estimate of drug-likeness (QED) is 0.492. The zero-order valence-corrected chi connectivity index (χ0v) is 17.4. The number of halogens is 2. The van der Waals surface area contributed by atoms with E-state index in [1.165, 1.54) is 6.07 Å². The van der Waals surface area contributed by atoms with Crippen LogP contribution in [-0.4, -0.2) is 33.6 Å². The largest absolute Gasteiger partial charge is 0.490 e. The number of carbonyl (C=O) groups is 1. The van der Waals surface area contributed by atoms with Gasteiger partial charge in [-0.3, -0.25) is 0 Å². The van der Waals surface area contributed by atoms with Crippen LogP contribution in [0.3, 0.4) is 0 Å². The first kappa shape index (κ1) is 20.9. The fourth-order valence-corrected chi connectivity index (χ4v) is 4.61. The van der Waals surface area contributed by atoms with E-state index in [1.54, 1.807) is 0 Å². The predicted molar refractivity (Wildman–Crippen MR) is 107 cm³/mol. The van der Waals surface area contributed by atoms with Gasteiger partial charge in [0.1, 0.15) is 23.9 Å². The van der Waals surface area contributed by atoms with Gasteiger partial charge < -0.3 is 9.47 Å². The van der Waals surface area contributed by atoms with E-state index < -0.39 is 16.0 Å². The topological polar surface area (TPSA) is 81.7 Å². The molecule has 1 aliphatic carbocycles. The Balaban J connectivity index is 1.66. The van der Waals surface area contributed by atoms with Gasteiger partial charge in [0.05, 0.1) is 15.6 Å². The van der Waals surface area contributed by atoms with Crippen molar-refractivity contribution in [3.8, 4) is 5.75 Å². The van der Waals surface area contributed by atoms with Gasteiger partial charge in [-0.05, 0) is 43.5 Å². The van der Waals surface area contributed by atoms with Crippen molar-refractivity contribution in [1.29, 1.82) is 0 Å². The molecule has 0 amide bonds. The molecule has 0 bridgehead atoms. The van der Waals surface area contributed by atoms with Crippen LogP contribution in [0.1, 0.15) is 28.8 Å². The highest BCUT2D eigenvalue weighted by atomic mass is 35.5. The fraction of sp³-hybridized carbons (Fsp3) is 0.316. The van der Waals surface area contributed by atoms with Crippen molar-refractivity contribution in [3.63, 3.8) is 0 Å². The molecule has 0 radical (unpaired) electrons. The number of sulfonamides is 1. The molecular weight excluding hydrogens is 425 g/mol. The minimum Gasteiger partial charge on any atom is -0.490 e. The second kappa shape index (κ2) is 8.69. The van der Waals surface area contributed by atoms with E-state index in [2.05, 4.69) is 4.72 Å². The number of ether oxygens (including phenoxy) is 2. The Morgan fingerprint density at radius 2 is 1.86 bits per heavy atom. The molecule has 0 saturated heterocycles. The Morgan fingerprint density at radius 1 is 1.14 bits per heavy atom. The van der Waals surface area contributed by atoms with Gasteiger partial charge >= 0.3 is 5.97 Å². The van der Waals surface area contributed by atoms with Crippen LogP contribution in [0.25, 0.3) is 0 Å². The molecule has 1 saturated carbocycles. The van der Waals surface area contributed by atoms with E-state index in [-0.39, 0.29) is 39.8 Å². The van der Waals surface area contributed by atoms with Gasteiger partial charge in [0.2, 0.25) is 10.0 Å². The zero-order chi connectivity index (χ0) is 20.3. The van der Waals surface area contributed by atoms with Crippen LogP contribution in [0, 0.1) is 6.92 Å². The van der Waals surface area contributed by atoms with Crippen LogP contribution in [0.5, 0.6) is 5.75 Å². The van der Waals surface area contributed by atoms with Crippen LogP contribution < -0.4 is 9.46 Å². The molecule has 9 heteroatoms. The Kier molecular flexibility index (Phi) is 6.50. The average Bonchev–Trinajstić information content (AvgIpc) is 3.43. The van der Waals surface area contributed by atoms with Gasteiger partial charge in [-0.2, -0.15) is 0 Å². The number of aryl methyl sites for hydroxylation is 1. The van der Waals surface area contributed by atoms with Crippen LogP contribution >= 0.6 is 23.2 Å². The van der Waals surface area contributed by atoms with Crippen molar-refractivity contribution in [1.82, 2.24) is 4.72 Å². The summed E-state index contributed by atoms with van der Waals surface area (Å²) in [6, 6.07) is 9.74. The Hall–Kier alpha value is -1.80. The summed E-state index contributed by atoms with van der Waals surface area (Å²) in [4.78, 5) is 12.1. The number of nitrogens with one attached hydrogen (secondary N) is 1. The maximum atomic E-state index is 12.4. The van der Waals surface area contributed by atoms with Gasteiger partial charge in [-0.1, -0.05) is 41.4 Å². The molecule has 0 unspecified atom stereocenters. The van der Waals surface area contributed by atoms with Crippen molar-refractivity contribution < 1.29 is 22.7 Å². The maximum Gasteiger partial charge on any atom is 0.339 e.